The Kier molecular flexibility index (Phi) is 3.88. The molecule has 4 rings (SSSR count). The van der Waals surface area contributed by atoms with Gasteiger partial charge in [0.2, 0.25) is 0 Å². The van der Waals surface area contributed by atoms with E-state index in [1.165, 1.54) is 21.7 Å². The molecule has 1 aliphatic rings. The molecular weight excluding hydrogens is 322 g/mol. The van der Waals surface area contributed by atoms with Gasteiger partial charge in [-0.25, -0.2) is 0 Å². The Hall–Kier alpha value is -2.19. The Morgan fingerprint density at radius 1 is 0.760 bits per heavy atom. The van der Waals surface area contributed by atoms with Crippen LogP contribution in [-0.4, -0.2) is 11.9 Å². The number of benzene rings is 3. The Balaban J connectivity index is 1.94. The molecule has 0 amide bonds. The molecule has 25 heavy (non-hydrogen) atoms. The minimum Gasteiger partial charge on any atom is -0.358 e. The van der Waals surface area contributed by atoms with Crippen molar-refractivity contribution in [2.75, 3.05) is 11.9 Å². The van der Waals surface area contributed by atoms with E-state index in [0.717, 1.165) is 0 Å². The summed E-state index contributed by atoms with van der Waals surface area (Å²) in [5.74, 6) is 0. The van der Waals surface area contributed by atoms with E-state index in [2.05, 4.69) is 111 Å². The van der Waals surface area contributed by atoms with Crippen LogP contribution in [0.25, 0.3) is 0 Å². The van der Waals surface area contributed by atoms with Crippen LogP contribution in [0.4, 0.5) is 5.69 Å². The van der Waals surface area contributed by atoms with Crippen molar-refractivity contribution in [2.45, 2.75) is 29.0 Å². The van der Waals surface area contributed by atoms with Crippen LogP contribution in [0.1, 0.15) is 25.0 Å². The third-order valence-corrected chi connectivity index (χ3v) is 7.45. The van der Waals surface area contributed by atoms with Crippen LogP contribution < -0.4 is 4.90 Å². The molecule has 0 radical (unpaired) electrons. The van der Waals surface area contributed by atoms with Gasteiger partial charge in [0, 0.05) is 11.9 Å². The SMILES string of the molecule is CN1c2ccccc2SC1(C)C(C)(c1ccccc1)c1ccccc1. The third-order valence-electron chi connectivity index (χ3n) is 5.81. The van der Waals surface area contributed by atoms with Gasteiger partial charge in [0.25, 0.3) is 0 Å². The first-order valence-corrected chi connectivity index (χ1v) is 9.52. The highest BCUT2D eigenvalue weighted by Gasteiger charge is 2.54. The Bertz CT molecular complexity index is 835. The largest absolute Gasteiger partial charge is 0.358 e. The third kappa shape index (κ3) is 2.31. The highest BCUT2D eigenvalue weighted by Crippen LogP contribution is 2.59. The maximum absolute atomic E-state index is 2.45. The summed E-state index contributed by atoms with van der Waals surface area (Å²) in [6.07, 6.45) is 0. The lowest BCUT2D eigenvalue weighted by Crippen LogP contribution is -2.54. The number of hydrogen-bond acceptors (Lipinski definition) is 2. The highest BCUT2D eigenvalue weighted by molar-refractivity contribution is 8.01. The van der Waals surface area contributed by atoms with E-state index in [-0.39, 0.29) is 10.3 Å². The summed E-state index contributed by atoms with van der Waals surface area (Å²) in [7, 11) is 2.23. The number of fused-ring (bicyclic) bond motifs is 1. The van der Waals surface area contributed by atoms with E-state index in [0.29, 0.717) is 0 Å². The molecule has 0 fully saturated rings. The Labute approximate surface area is 154 Å². The van der Waals surface area contributed by atoms with Crippen molar-refractivity contribution in [3.8, 4) is 0 Å². The van der Waals surface area contributed by atoms with Gasteiger partial charge in [-0.1, -0.05) is 84.6 Å². The molecule has 0 aromatic heterocycles. The molecule has 0 saturated heterocycles. The maximum atomic E-state index is 2.45. The van der Waals surface area contributed by atoms with E-state index < -0.39 is 0 Å². The van der Waals surface area contributed by atoms with E-state index in [1.54, 1.807) is 0 Å². The fourth-order valence-corrected chi connectivity index (χ4v) is 5.58. The molecule has 0 spiro atoms. The summed E-state index contributed by atoms with van der Waals surface area (Å²) in [6.45, 7) is 4.75. The average Bonchev–Trinajstić information content (AvgIpc) is 2.94. The number of para-hydroxylation sites is 1. The van der Waals surface area contributed by atoms with Gasteiger partial charge in [0.1, 0.15) is 4.87 Å². The number of nitrogens with zero attached hydrogens (tertiary/aromatic N) is 1. The second-order valence-corrected chi connectivity index (χ2v) is 8.41. The van der Waals surface area contributed by atoms with Crippen LogP contribution in [0.3, 0.4) is 0 Å². The van der Waals surface area contributed by atoms with Crippen LogP contribution in [0, 0.1) is 0 Å². The summed E-state index contributed by atoms with van der Waals surface area (Å²) in [4.78, 5) is 3.68. The van der Waals surface area contributed by atoms with Gasteiger partial charge in [0.05, 0.1) is 11.1 Å². The van der Waals surface area contributed by atoms with Crippen molar-refractivity contribution in [1.29, 1.82) is 0 Å². The molecule has 0 N–H and O–H groups in total. The second-order valence-electron chi connectivity index (χ2n) is 6.97. The van der Waals surface area contributed by atoms with Crippen LogP contribution in [0.15, 0.2) is 89.8 Å². The minimum atomic E-state index is -0.159. The fraction of sp³-hybridized carbons (Fsp3) is 0.217. The van der Waals surface area contributed by atoms with Gasteiger partial charge in [0.15, 0.2) is 0 Å². The predicted molar refractivity (Wildman–Crippen MR) is 108 cm³/mol. The second kappa shape index (κ2) is 5.96. The van der Waals surface area contributed by atoms with Gasteiger partial charge in [-0.2, -0.15) is 0 Å². The first kappa shape index (κ1) is 16.3. The monoisotopic (exact) mass is 345 g/mol. The fourth-order valence-electron chi connectivity index (χ4n) is 4.02. The molecule has 0 bridgehead atoms. The van der Waals surface area contributed by atoms with Crippen molar-refractivity contribution in [3.63, 3.8) is 0 Å². The van der Waals surface area contributed by atoms with Gasteiger partial charge in [-0.3, -0.25) is 0 Å². The Morgan fingerprint density at radius 3 is 1.76 bits per heavy atom. The molecule has 0 aliphatic carbocycles. The summed E-state index contributed by atoms with van der Waals surface area (Å²) < 4.78 is 0. The molecule has 1 aliphatic heterocycles. The number of anilines is 1. The zero-order valence-electron chi connectivity index (χ0n) is 14.9. The van der Waals surface area contributed by atoms with E-state index in [1.807, 2.05) is 11.8 Å². The molecule has 1 unspecified atom stereocenters. The minimum absolute atomic E-state index is 0.126. The molecule has 3 aromatic carbocycles. The quantitative estimate of drug-likeness (QED) is 0.577. The van der Waals surface area contributed by atoms with Crippen molar-refractivity contribution in [3.05, 3.63) is 96.1 Å². The zero-order valence-corrected chi connectivity index (χ0v) is 15.8. The van der Waals surface area contributed by atoms with Gasteiger partial charge in [-0.15, -0.1) is 0 Å². The van der Waals surface area contributed by atoms with Crippen LogP contribution in [-0.2, 0) is 5.41 Å². The van der Waals surface area contributed by atoms with Crippen molar-refractivity contribution in [2.24, 2.45) is 0 Å². The van der Waals surface area contributed by atoms with E-state index in [9.17, 15) is 0 Å². The zero-order chi connectivity index (χ0) is 17.5. The van der Waals surface area contributed by atoms with E-state index >= 15 is 0 Å². The topological polar surface area (TPSA) is 3.24 Å². The van der Waals surface area contributed by atoms with Crippen molar-refractivity contribution in [1.82, 2.24) is 0 Å². The molecule has 1 heterocycles. The molecule has 3 aromatic rings. The lowest BCUT2D eigenvalue weighted by molar-refractivity contribution is 0.418. The molecule has 2 heteroatoms. The molecule has 1 atom stereocenters. The van der Waals surface area contributed by atoms with Gasteiger partial charge in [-0.05, 0) is 37.1 Å². The summed E-state index contributed by atoms with van der Waals surface area (Å²) >= 11 is 1.97. The highest BCUT2D eigenvalue weighted by atomic mass is 32.2. The van der Waals surface area contributed by atoms with Crippen molar-refractivity contribution >= 4 is 17.4 Å². The first-order valence-electron chi connectivity index (χ1n) is 8.70. The molecule has 0 saturated carbocycles. The van der Waals surface area contributed by atoms with E-state index in [4.69, 9.17) is 0 Å². The van der Waals surface area contributed by atoms with Crippen LogP contribution >= 0.6 is 11.8 Å². The lowest BCUT2D eigenvalue weighted by atomic mass is 9.70. The number of likely N-dealkylation sites (N-methyl/N-ethyl adjacent to an activating group) is 1. The average molecular weight is 346 g/mol. The number of thioether (sulfide) groups is 1. The summed E-state index contributed by atoms with van der Waals surface area (Å²) in [6, 6.07) is 30.5. The smallest absolute Gasteiger partial charge is 0.101 e. The number of rotatable bonds is 3. The molecule has 1 nitrogen and oxygen atoms in total. The van der Waals surface area contributed by atoms with Crippen molar-refractivity contribution < 1.29 is 0 Å². The van der Waals surface area contributed by atoms with Crippen LogP contribution in [0.5, 0.6) is 0 Å². The van der Waals surface area contributed by atoms with Crippen LogP contribution in [0.2, 0.25) is 0 Å². The van der Waals surface area contributed by atoms with Gasteiger partial charge < -0.3 is 4.90 Å². The van der Waals surface area contributed by atoms with Gasteiger partial charge >= 0.3 is 0 Å². The molecular formula is C23H23NS. The standard InChI is InChI=1S/C23H23NS/c1-22(18-12-6-4-7-13-18,19-14-8-5-9-15-19)23(2)24(3)20-16-10-11-17-21(20)25-23/h4-17H,1-3H3. The number of hydrogen-bond donors (Lipinski definition) is 0. The normalized spacial score (nSPS) is 19.7. The predicted octanol–water partition coefficient (Wildman–Crippen LogP) is 5.95. The Morgan fingerprint density at radius 2 is 1.24 bits per heavy atom. The first-order chi connectivity index (χ1) is 12.1. The summed E-state index contributed by atoms with van der Waals surface area (Å²) in [5, 5.41) is 0. The summed E-state index contributed by atoms with van der Waals surface area (Å²) in [5.41, 5.74) is 3.84. The maximum Gasteiger partial charge on any atom is 0.101 e. The lowest BCUT2D eigenvalue weighted by Gasteiger charge is -2.49. The molecule has 126 valence electrons.